The molecule has 1 saturated carbocycles. The summed E-state index contributed by atoms with van der Waals surface area (Å²) in [5.74, 6) is 0.117. The van der Waals surface area contributed by atoms with E-state index in [2.05, 4.69) is 0 Å². The van der Waals surface area contributed by atoms with E-state index in [1.165, 1.54) is 6.42 Å². The predicted molar refractivity (Wildman–Crippen MR) is 71.0 cm³/mol. The van der Waals surface area contributed by atoms with Gasteiger partial charge in [-0.25, -0.2) is 4.79 Å². The quantitative estimate of drug-likeness (QED) is 0.836. The summed E-state index contributed by atoms with van der Waals surface area (Å²) in [7, 11) is 0. The fourth-order valence-electron chi connectivity index (χ4n) is 2.90. The van der Waals surface area contributed by atoms with Crippen LogP contribution in [0.4, 0.5) is 0 Å². The fraction of sp³-hybridized carbons (Fsp3) is 0.600. The largest absolute Gasteiger partial charge is 0.478 e. The highest BCUT2D eigenvalue weighted by atomic mass is 16.4. The van der Waals surface area contributed by atoms with Crippen molar-refractivity contribution in [2.45, 2.75) is 57.8 Å². The molecule has 4 heteroatoms. The lowest BCUT2D eigenvalue weighted by molar-refractivity contribution is 0.0690. The fourth-order valence-corrected chi connectivity index (χ4v) is 2.90. The van der Waals surface area contributed by atoms with Gasteiger partial charge in [0, 0.05) is 11.8 Å². The molecule has 104 valence electrons. The van der Waals surface area contributed by atoms with E-state index < -0.39 is 5.97 Å². The van der Waals surface area contributed by atoms with E-state index in [9.17, 15) is 14.7 Å². The number of carbonyl (C=O) groups excluding carboxylic acids is 1. The number of rotatable bonds is 4. The third kappa shape index (κ3) is 2.57. The Bertz CT molecular complexity index is 479. The summed E-state index contributed by atoms with van der Waals surface area (Å²) in [5, 5.41) is 9.38. The Hall–Kier alpha value is -1.58. The van der Waals surface area contributed by atoms with Crippen LogP contribution in [-0.2, 0) is 0 Å². The van der Waals surface area contributed by atoms with Crippen LogP contribution in [0.3, 0.4) is 0 Å². The highest BCUT2D eigenvalue weighted by Crippen LogP contribution is 2.39. The van der Waals surface area contributed by atoms with Gasteiger partial charge in [-0.05, 0) is 12.8 Å². The van der Waals surface area contributed by atoms with Crippen molar-refractivity contribution >= 4 is 12.3 Å². The second-order valence-electron chi connectivity index (χ2n) is 5.53. The Labute approximate surface area is 112 Å². The highest BCUT2D eigenvalue weighted by Gasteiger charge is 2.31. The summed E-state index contributed by atoms with van der Waals surface area (Å²) in [5.41, 5.74) is 0.314. The molecule has 0 radical (unpaired) electrons. The molecule has 1 fully saturated rings. The molecule has 1 aromatic heterocycles. The van der Waals surface area contributed by atoms with E-state index in [1.807, 2.05) is 13.8 Å². The number of carboxylic acids is 1. The lowest BCUT2D eigenvalue weighted by Crippen LogP contribution is -2.09. The van der Waals surface area contributed by atoms with Gasteiger partial charge >= 0.3 is 5.97 Å². The second-order valence-corrected chi connectivity index (χ2v) is 5.53. The van der Waals surface area contributed by atoms with Crippen molar-refractivity contribution in [3.05, 3.63) is 22.6 Å². The summed E-state index contributed by atoms with van der Waals surface area (Å²) < 4.78 is 5.79. The van der Waals surface area contributed by atoms with Gasteiger partial charge in [-0.3, -0.25) is 4.79 Å². The van der Waals surface area contributed by atoms with Crippen LogP contribution in [-0.4, -0.2) is 17.4 Å². The first-order valence-corrected chi connectivity index (χ1v) is 6.91. The normalized spacial score (nSPS) is 16.8. The average molecular weight is 264 g/mol. The molecule has 0 saturated heterocycles. The molecule has 0 amide bonds. The van der Waals surface area contributed by atoms with Crippen LogP contribution in [0, 0.1) is 0 Å². The molecule has 4 nitrogen and oxygen atoms in total. The van der Waals surface area contributed by atoms with Gasteiger partial charge in [-0.1, -0.05) is 33.1 Å². The molecule has 1 aliphatic carbocycles. The topological polar surface area (TPSA) is 67.5 Å². The number of hydrogen-bond donors (Lipinski definition) is 1. The van der Waals surface area contributed by atoms with Crippen molar-refractivity contribution in [1.29, 1.82) is 0 Å². The standard InChI is InChI=1S/C15H20O4/c1-9(2)13-11(8-16)12(15(17)18)14(19-13)10-6-4-3-5-7-10/h8-10H,3-7H2,1-2H3,(H,17,18). The minimum absolute atomic E-state index is 0.00985. The Balaban J connectivity index is 2.52. The van der Waals surface area contributed by atoms with E-state index in [0.717, 1.165) is 25.7 Å². The second kappa shape index (κ2) is 5.59. The average Bonchev–Trinajstić information content (AvgIpc) is 2.79. The van der Waals surface area contributed by atoms with Crippen LogP contribution in [0.2, 0.25) is 0 Å². The molecular weight excluding hydrogens is 244 g/mol. The van der Waals surface area contributed by atoms with Gasteiger partial charge in [0.05, 0.1) is 5.56 Å². The first-order valence-electron chi connectivity index (χ1n) is 6.91. The lowest BCUT2D eigenvalue weighted by Gasteiger charge is -2.20. The first-order chi connectivity index (χ1) is 9.06. The molecule has 0 atom stereocenters. The van der Waals surface area contributed by atoms with Gasteiger partial charge < -0.3 is 9.52 Å². The Morgan fingerprint density at radius 3 is 2.42 bits per heavy atom. The molecule has 1 N–H and O–H groups in total. The summed E-state index contributed by atoms with van der Waals surface area (Å²) in [4.78, 5) is 22.7. The van der Waals surface area contributed by atoms with E-state index in [-0.39, 0.29) is 23.0 Å². The maximum absolute atomic E-state index is 11.5. The van der Waals surface area contributed by atoms with Gasteiger partial charge in [0.1, 0.15) is 17.1 Å². The Morgan fingerprint density at radius 2 is 1.95 bits per heavy atom. The molecule has 19 heavy (non-hydrogen) atoms. The van der Waals surface area contributed by atoms with Crippen molar-refractivity contribution in [3.8, 4) is 0 Å². The molecule has 2 rings (SSSR count). The van der Waals surface area contributed by atoms with E-state index in [4.69, 9.17) is 4.42 Å². The zero-order valence-electron chi connectivity index (χ0n) is 11.4. The van der Waals surface area contributed by atoms with Crippen LogP contribution < -0.4 is 0 Å². The Morgan fingerprint density at radius 1 is 1.32 bits per heavy atom. The van der Waals surface area contributed by atoms with Gasteiger partial charge in [-0.15, -0.1) is 0 Å². The maximum atomic E-state index is 11.5. The lowest BCUT2D eigenvalue weighted by atomic mass is 9.85. The molecule has 0 bridgehead atoms. The van der Waals surface area contributed by atoms with Gasteiger partial charge in [0.25, 0.3) is 0 Å². The zero-order valence-corrected chi connectivity index (χ0v) is 11.4. The molecule has 1 heterocycles. The van der Waals surface area contributed by atoms with Crippen LogP contribution in [0.1, 0.15) is 90.0 Å². The van der Waals surface area contributed by atoms with Crippen LogP contribution in [0.25, 0.3) is 0 Å². The maximum Gasteiger partial charge on any atom is 0.340 e. The summed E-state index contributed by atoms with van der Waals surface area (Å²) >= 11 is 0. The van der Waals surface area contributed by atoms with Gasteiger partial charge in [0.2, 0.25) is 0 Å². The SMILES string of the molecule is CC(C)c1oc(C2CCCCC2)c(C(=O)O)c1C=O. The number of aldehydes is 1. The van der Waals surface area contributed by atoms with Crippen molar-refractivity contribution in [1.82, 2.24) is 0 Å². The molecule has 0 aromatic carbocycles. The number of furan rings is 1. The number of carbonyl (C=O) groups is 2. The predicted octanol–water partition coefficient (Wildman–Crippen LogP) is 3.96. The molecule has 1 aromatic rings. The first kappa shape index (κ1) is 13.8. The minimum Gasteiger partial charge on any atom is -0.478 e. The molecule has 0 spiro atoms. The van der Waals surface area contributed by atoms with Gasteiger partial charge in [0.15, 0.2) is 6.29 Å². The summed E-state index contributed by atoms with van der Waals surface area (Å²) in [6.07, 6.45) is 5.90. The van der Waals surface area contributed by atoms with E-state index in [1.54, 1.807) is 0 Å². The van der Waals surface area contributed by atoms with Crippen LogP contribution >= 0.6 is 0 Å². The third-order valence-electron chi connectivity index (χ3n) is 3.83. The summed E-state index contributed by atoms with van der Waals surface area (Å²) in [6, 6.07) is 0. The number of hydrogen-bond acceptors (Lipinski definition) is 3. The summed E-state index contributed by atoms with van der Waals surface area (Å²) in [6.45, 7) is 3.81. The van der Waals surface area contributed by atoms with Crippen LogP contribution in [0.15, 0.2) is 4.42 Å². The number of aromatic carboxylic acids is 1. The third-order valence-corrected chi connectivity index (χ3v) is 3.83. The highest BCUT2D eigenvalue weighted by molar-refractivity contribution is 5.99. The van der Waals surface area contributed by atoms with Crippen molar-refractivity contribution < 1.29 is 19.1 Å². The van der Waals surface area contributed by atoms with E-state index >= 15 is 0 Å². The molecule has 0 aliphatic heterocycles. The zero-order chi connectivity index (χ0) is 14.0. The van der Waals surface area contributed by atoms with Crippen molar-refractivity contribution in [2.24, 2.45) is 0 Å². The monoisotopic (exact) mass is 264 g/mol. The van der Waals surface area contributed by atoms with Crippen LogP contribution in [0.5, 0.6) is 0 Å². The molecule has 0 unspecified atom stereocenters. The van der Waals surface area contributed by atoms with E-state index in [0.29, 0.717) is 17.8 Å². The number of carboxylic acid groups (broad SMARTS) is 1. The smallest absolute Gasteiger partial charge is 0.340 e. The Kier molecular flexibility index (Phi) is 4.08. The molecule has 1 aliphatic rings. The van der Waals surface area contributed by atoms with Crippen molar-refractivity contribution in [3.63, 3.8) is 0 Å². The molecular formula is C15H20O4. The minimum atomic E-state index is -1.06. The van der Waals surface area contributed by atoms with Gasteiger partial charge in [-0.2, -0.15) is 0 Å². The van der Waals surface area contributed by atoms with Crippen molar-refractivity contribution in [2.75, 3.05) is 0 Å².